The molecule has 94 valence electrons. The molecule has 0 N–H and O–H groups in total. The van der Waals surface area contributed by atoms with E-state index in [1.807, 2.05) is 36.4 Å². The molecule has 1 heterocycles. The van der Waals surface area contributed by atoms with Crippen molar-refractivity contribution in [1.82, 2.24) is 5.16 Å². The second kappa shape index (κ2) is 4.73. The van der Waals surface area contributed by atoms with Gasteiger partial charge in [-0.25, -0.2) is 0 Å². The highest BCUT2D eigenvalue weighted by Crippen LogP contribution is 2.25. The average Bonchev–Trinajstić information content (AvgIpc) is 2.83. The minimum atomic E-state index is 0.710. The minimum Gasteiger partial charge on any atom is -0.356 e. The molecule has 0 aliphatic carbocycles. The van der Waals surface area contributed by atoms with Crippen molar-refractivity contribution >= 4 is 16.5 Å². The first-order valence-corrected chi connectivity index (χ1v) is 6.33. The number of para-hydroxylation sites is 1. The van der Waals surface area contributed by atoms with Crippen molar-refractivity contribution in [3.63, 3.8) is 0 Å². The fourth-order valence-electron chi connectivity index (χ4n) is 2.33. The molecule has 2 heteroatoms. The van der Waals surface area contributed by atoms with E-state index in [1.54, 1.807) is 0 Å². The second-order valence-electron chi connectivity index (χ2n) is 4.72. The lowest BCUT2D eigenvalue weighted by Crippen LogP contribution is -1.92. The van der Waals surface area contributed by atoms with E-state index in [-0.39, 0.29) is 0 Å². The van der Waals surface area contributed by atoms with Crippen LogP contribution in [0.3, 0.4) is 0 Å². The number of aryl methyl sites for hydroxylation is 1. The van der Waals surface area contributed by atoms with Crippen molar-refractivity contribution in [2.75, 3.05) is 0 Å². The Labute approximate surface area is 112 Å². The van der Waals surface area contributed by atoms with Gasteiger partial charge in [0.05, 0.1) is 5.69 Å². The van der Waals surface area contributed by atoms with Gasteiger partial charge in [-0.3, -0.25) is 0 Å². The number of fused-ring (bicyclic) bond motifs is 1. The number of hydrogen-bond acceptors (Lipinski definition) is 2. The highest BCUT2D eigenvalue weighted by molar-refractivity contribution is 5.81. The Balaban J connectivity index is 1.94. The number of nitrogens with zero attached hydrogens (tertiary/aromatic N) is 1. The van der Waals surface area contributed by atoms with Crippen LogP contribution in [0.2, 0.25) is 0 Å². The molecule has 0 bridgehead atoms. The predicted octanol–water partition coefficient (Wildman–Crippen LogP) is 4.39. The van der Waals surface area contributed by atoms with E-state index in [4.69, 9.17) is 4.52 Å². The maximum Gasteiger partial charge on any atom is 0.167 e. The molecule has 2 aromatic carbocycles. The lowest BCUT2D eigenvalue weighted by atomic mass is 9.97. The highest BCUT2D eigenvalue weighted by atomic mass is 16.5. The van der Waals surface area contributed by atoms with Gasteiger partial charge in [-0.2, -0.15) is 0 Å². The van der Waals surface area contributed by atoms with Crippen LogP contribution in [-0.4, -0.2) is 5.16 Å². The van der Waals surface area contributed by atoms with Gasteiger partial charge in [-0.15, -0.1) is 0 Å². The number of aromatic nitrogens is 1. The lowest BCUT2D eigenvalue weighted by Gasteiger charge is -2.07. The summed E-state index contributed by atoms with van der Waals surface area (Å²) in [4.78, 5) is 0. The Morgan fingerprint density at radius 1 is 1.11 bits per heavy atom. The van der Waals surface area contributed by atoms with E-state index < -0.39 is 0 Å². The van der Waals surface area contributed by atoms with Crippen molar-refractivity contribution in [2.24, 2.45) is 0 Å². The third-order valence-corrected chi connectivity index (χ3v) is 3.36. The number of hydrogen-bond donors (Lipinski definition) is 0. The summed E-state index contributed by atoms with van der Waals surface area (Å²) in [6.07, 6.45) is 0.710. The van der Waals surface area contributed by atoms with Gasteiger partial charge in [0.1, 0.15) is 0 Å². The Morgan fingerprint density at radius 2 is 1.84 bits per heavy atom. The molecule has 0 unspecified atom stereocenters. The minimum absolute atomic E-state index is 0.710. The SMILES string of the molecule is C=C(Cc1noc2ccccc12)c1ccccc1C. The standard InChI is InChI=1S/C17H15NO/c1-12-7-3-4-8-14(12)13(2)11-16-15-9-5-6-10-17(15)19-18-16/h3-10H,2,11H2,1H3. The van der Waals surface area contributed by atoms with Gasteiger partial charge in [0.15, 0.2) is 5.58 Å². The molecule has 0 fully saturated rings. The lowest BCUT2D eigenvalue weighted by molar-refractivity contribution is 0.448. The topological polar surface area (TPSA) is 26.0 Å². The van der Waals surface area contributed by atoms with Crippen LogP contribution in [0.5, 0.6) is 0 Å². The largest absolute Gasteiger partial charge is 0.356 e. The van der Waals surface area contributed by atoms with E-state index >= 15 is 0 Å². The molecule has 1 aromatic heterocycles. The first-order valence-electron chi connectivity index (χ1n) is 6.33. The second-order valence-corrected chi connectivity index (χ2v) is 4.72. The van der Waals surface area contributed by atoms with Gasteiger partial charge in [-0.1, -0.05) is 48.1 Å². The Kier molecular flexibility index (Phi) is 2.92. The summed E-state index contributed by atoms with van der Waals surface area (Å²) in [6, 6.07) is 16.2. The summed E-state index contributed by atoms with van der Waals surface area (Å²) >= 11 is 0. The van der Waals surface area contributed by atoms with Crippen LogP contribution in [-0.2, 0) is 6.42 Å². The van der Waals surface area contributed by atoms with Crippen molar-refractivity contribution in [3.05, 3.63) is 71.9 Å². The fraction of sp³-hybridized carbons (Fsp3) is 0.118. The van der Waals surface area contributed by atoms with Crippen LogP contribution in [0.4, 0.5) is 0 Å². The van der Waals surface area contributed by atoms with E-state index in [1.165, 1.54) is 11.1 Å². The van der Waals surface area contributed by atoms with Crippen LogP contribution in [0.1, 0.15) is 16.8 Å². The molecule has 0 amide bonds. The van der Waals surface area contributed by atoms with Gasteiger partial charge in [0.2, 0.25) is 0 Å². The summed E-state index contributed by atoms with van der Waals surface area (Å²) in [5.41, 5.74) is 5.27. The summed E-state index contributed by atoms with van der Waals surface area (Å²) in [5.74, 6) is 0. The molecule has 0 spiro atoms. The summed E-state index contributed by atoms with van der Waals surface area (Å²) in [7, 11) is 0. The predicted molar refractivity (Wildman–Crippen MR) is 77.9 cm³/mol. The third kappa shape index (κ3) is 2.17. The number of rotatable bonds is 3. The van der Waals surface area contributed by atoms with Gasteiger partial charge >= 0.3 is 0 Å². The summed E-state index contributed by atoms with van der Waals surface area (Å²) in [5, 5.41) is 5.22. The zero-order chi connectivity index (χ0) is 13.2. The number of benzene rings is 2. The van der Waals surface area contributed by atoms with Crippen molar-refractivity contribution in [3.8, 4) is 0 Å². The molecule has 0 radical (unpaired) electrons. The third-order valence-electron chi connectivity index (χ3n) is 3.36. The van der Waals surface area contributed by atoms with E-state index in [2.05, 4.69) is 30.8 Å². The summed E-state index contributed by atoms with van der Waals surface area (Å²) in [6.45, 7) is 6.28. The zero-order valence-electron chi connectivity index (χ0n) is 10.9. The van der Waals surface area contributed by atoms with Crippen molar-refractivity contribution in [1.29, 1.82) is 0 Å². The maximum atomic E-state index is 5.32. The molecule has 2 nitrogen and oxygen atoms in total. The normalized spacial score (nSPS) is 10.8. The highest BCUT2D eigenvalue weighted by Gasteiger charge is 2.10. The molecule has 0 aliphatic rings. The molecule has 0 aliphatic heterocycles. The van der Waals surface area contributed by atoms with Crippen LogP contribution in [0, 0.1) is 6.92 Å². The van der Waals surface area contributed by atoms with E-state index in [0.29, 0.717) is 6.42 Å². The molecule has 3 aromatic rings. The van der Waals surface area contributed by atoms with Gasteiger partial charge in [0.25, 0.3) is 0 Å². The molecular formula is C17H15NO. The van der Waals surface area contributed by atoms with E-state index in [0.717, 1.165) is 22.2 Å². The van der Waals surface area contributed by atoms with Crippen LogP contribution >= 0.6 is 0 Å². The summed E-state index contributed by atoms with van der Waals surface area (Å²) < 4.78 is 5.32. The van der Waals surface area contributed by atoms with Crippen molar-refractivity contribution < 1.29 is 4.52 Å². The van der Waals surface area contributed by atoms with Crippen molar-refractivity contribution in [2.45, 2.75) is 13.3 Å². The van der Waals surface area contributed by atoms with Gasteiger partial charge in [-0.05, 0) is 35.8 Å². The molecule has 0 saturated heterocycles. The smallest absolute Gasteiger partial charge is 0.167 e. The zero-order valence-corrected chi connectivity index (χ0v) is 10.9. The maximum absolute atomic E-state index is 5.32. The molecule has 19 heavy (non-hydrogen) atoms. The molecule has 3 rings (SSSR count). The van der Waals surface area contributed by atoms with Crippen LogP contribution in [0.15, 0.2) is 59.6 Å². The monoisotopic (exact) mass is 249 g/mol. The first kappa shape index (κ1) is 11.7. The fourth-order valence-corrected chi connectivity index (χ4v) is 2.33. The Morgan fingerprint density at radius 3 is 2.68 bits per heavy atom. The van der Waals surface area contributed by atoms with Crippen LogP contribution < -0.4 is 0 Å². The first-order chi connectivity index (χ1) is 9.25. The quantitative estimate of drug-likeness (QED) is 0.688. The molecule has 0 atom stereocenters. The van der Waals surface area contributed by atoms with Crippen LogP contribution in [0.25, 0.3) is 16.5 Å². The number of allylic oxidation sites excluding steroid dienone is 1. The Hall–Kier alpha value is -2.35. The van der Waals surface area contributed by atoms with E-state index in [9.17, 15) is 0 Å². The Bertz CT molecular complexity index is 740. The average molecular weight is 249 g/mol. The van der Waals surface area contributed by atoms with Gasteiger partial charge in [0, 0.05) is 11.8 Å². The molecule has 0 saturated carbocycles. The molecular weight excluding hydrogens is 234 g/mol. The van der Waals surface area contributed by atoms with Gasteiger partial charge < -0.3 is 4.52 Å².